The molecule has 3 aromatic carbocycles. The Morgan fingerprint density at radius 3 is 2.16 bits per heavy atom. The van der Waals surface area contributed by atoms with Gasteiger partial charge in [-0.15, -0.1) is 0 Å². The van der Waals surface area contributed by atoms with Crippen LogP contribution in [0.3, 0.4) is 0 Å². The molecule has 4 aromatic rings. The molecule has 0 saturated heterocycles. The van der Waals surface area contributed by atoms with E-state index in [1.54, 1.807) is 0 Å². The topological polar surface area (TPSA) is 71.9 Å². The van der Waals surface area contributed by atoms with Crippen molar-refractivity contribution in [2.45, 2.75) is 20.5 Å². The van der Waals surface area contributed by atoms with Gasteiger partial charge in [-0.2, -0.15) is 5.26 Å². The molecule has 0 spiro atoms. The van der Waals surface area contributed by atoms with Crippen LogP contribution >= 0.6 is 0 Å². The standard InChI is InChI=1S/C27H23N3O/c1-18-8-10-22(11-9-18)26-19(2)25(24(16-28)27(29)30-26)21-12-14-23(15-13-21)31-17-20-6-4-3-5-7-20/h3-15H,17H2,1-2H3,(H2,29,30). The number of nitrogens with two attached hydrogens (primary N) is 1. The first-order valence-electron chi connectivity index (χ1n) is 10.1. The van der Waals surface area contributed by atoms with Gasteiger partial charge in [0.2, 0.25) is 0 Å². The van der Waals surface area contributed by atoms with Crippen LogP contribution in [0, 0.1) is 25.2 Å². The van der Waals surface area contributed by atoms with E-state index in [1.165, 1.54) is 5.56 Å². The molecule has 0 aliphatic carbocycles. The Morgan fingerprint density at radius 2 is 1.52 bits per heavy atom. The van der Waals surface area contributed by atoms with Crippen LogP contribution in [0.4, 0.5) is 5.82 Å². The lowest BCUT2D eigenvalue weighted by molar-refractivity contribution is 0.306. The molecular formula is C27H23N3O. The number of anilines is 1. The minimum atomic E-state index is 0.239. The third-order valence-electron chi connectivity index (χ3n) is 5.30. The molecule has 0 bridgehead atoms. The highest BCUT2D eigenvalue weighted by atomic mass is 16.5. The molecule has 0 fully saturated rings. The molecule has 4 nitrogen and oxygen atoms in total. The van der Waals surface area contributed by atoms with E-state index in [0.717, 1.165) is 39.3 Å². The summed E-state index contributed by atoms with van der Waals surface area (Å²) in [5.74, 6) is 1.01. The van der Waals surface area contributed by atoms with Crippen molar-refractivity contribution in [3.05, 3.63) is 101 Å². The van der Waals surface area contributed by atoms with Gasteiger partial charge in [0.05, 0.1) is 5.69 Å². The molecule has 2 N–H and O–H groups in total. The van der Waals surface area contributed by atoms with Gasteiger partial charge in [-0.05, 0) is 42.7 Å². The number of nitrogen functional groups attached to an aromatic ring is 1. The number of aryl methyl sites for hydroxylation is 1. The van der Waals surface area contributed by atoms with Gasteiger partial charge in [0.25, 0.3) is 0 Å². The fourth-order valence-electron chi connectivity index (χ4n) is 3.62. The highest BCUT2D eigenvalue weighted by Crippen LogP contribution is 2.36. The fourth-order valence-corrected chi connectivity index (χ4v) is 3.62. The van der Waals surface area contributed by atoms with Crippen molar-refractivity contribution in [2.75, 3.05) is 5.73 Å². The lowest BCUT2D eigenvalue weighted by Crippen LogP contribution is -2.03. The van der Waals surface area contributed by atoms with Crippen molar-refractivity contribution in [1.29, 1.82) is 5.26 Å². The second-order valence-corrected chi connectivity index (χ2v) is 7.50. The Kier molecular flexibility index (Phi) is 5.68. The third kappa shape index (κ3) is 4.26. The normalized spacial score (nSPS) is 10.5. The number of nitrogens with zero attached hydrogens (tertiary/aromatic N) is 2. The Hall–Kier alpha value is -4.10. The molecule has 0 radical (unpaired) electrons. The zero-order valence-electron chi connectivity index (χ0n) is 17.6. The van der Waals surface area contributed by atoms with Crippen molar-refractivity contribution >= 4 is 5.82 Å². The van der Waals surface area contributed by atoms with Gasteiger partial charge in [0.15, 0.2) is 0 Å². The first kappa shape index (κ1) is 20.2. The molecule has 1 heterocycles. The minimum absolute atomic E-state index is 0.239. The maximum absolute atomic E-state index is 9.75. The van der Waals surface area contributed by atoms with Crippen LogP contribution in [0.2, 0.25) is 0 Å². The van der Waals surface area contributed by atoms with Crippen molar-refractivity contribution < 1.29 is 4.74 Å². The SMILES string of the molecule is Cc1ccc(-c2nc(N)c(C#N)c(-c3ccc(OCc4ccccc4)cc3)c2C)cc1. The summed E-state index contributed by atoms with van der Waals surface area (Å²) >= 11 is 0. The van der Waals surface area contributed by atoms with Crippen LogP contribution in [-0.4, -0.2) is 4.98 Å². The smallest absolute Gasteiger partial charge is 0.142 e. The number of hydrogen-bond donors (Lipinski definition) is 1. The fraction of sp³-hybridized carbons (Fsp3) is 0.111. The predicted molar refractivity (Wildman–Crippen MR) is 124 cm³/mol. The zero-order chi connectivity index (χ0) is 21.8. The lowest BCUT2D eigenvalue weighted by atomic mass is 9.92. The summed E-state index contributed by atoms with van der Waals surface area (Å²) in [6, 6.07) is 28.2. The Balaban J connectivity index is 1.69. The van der Waals surface area contributed by atoms with Crippen LogP contribution in [0.15, 0.2) is 78.9 Å². The molecule has 0 aliphatic heterocycles. The van der Waals surface area contributed by atoms with Crippen molar-refractivity contribution in [2.24, 2.45) is 0 Å². The molecule has 4 heteroatoms. The van der Waals surface area contributed by atoms with Gasteiger partial charge in [-0.1, -0.05) is 72.3 Å². The quantitative estimate of drug-likeness (QED) is 0.438. The van der Waals surface area contributed by atoms with Gasteiger partial charge in [-0.3, -0.25) is 0 Å². The average Bonchev–Trinajstić information content (AvgIpc) is 2.80. The van der Waals surface area contributed by atoms with Crippen LogP contribution in [0.1, 0.15) is 22.3 Å². The number of nitriles is 1. The molecule has 0 unspecified atom stereocenters. The molecule has 0 amide bonds. The molecular weight excluding hydrogens is 382 g/mol. The van der Waals surface area contributed by atoms with E-state index < -0.39 is 0 Å². The maximum atomic E-state index is 9.75. The maximum Gasteiger partial charge on any atom is 0.142 e. The van der Waals surface area contributed by atoms with E-state index in [0.29, 0.717) is 12.2 Å². The molecule has 1 aromatic heterocycles. The summed E-state index contributed by atoms with van der Waals surface area (Å²) in [6.45, 7) is 4.53. The van der Waals surface area contributed by atoms with E-state index >= 15 is 0 Å². The highest BCUT2D eigenvalue weighted by molar-refractivity contribution is 5.84. The molecule has 152 valence electrons. The molecule has 0 saturated carbocycles. The first-order chi connectivity index (χ1) is 15.1. The average molecular weight is 406 g/mol. The first-order valence-corrected chi connectivity index (χ1v) is 10.1. The van der Waals surface area contributed by atoms with E-state index in [4.69, 9.17) is 10.5 Å². The van der Waals surface area contributed by atoms with Crippen molar-refractivity contribution in [1.82, 2.24) is 4.98 Å². The number of aromatic nitrogens is 1. The molecule has 0 atom stereocenters. The van der Waals surface area contributed by atoms with Crippen LogP contribution < -0.4 is 10.5 Å². The summed E-state index contributed by atoms with van der Waals surface area (Å²) in [5.41, 5.74) is 13.3. The number of rotatable bonds is 5. The molecule has 0 aliphatic rings. The Bertz CT molecular complexity index is 1240. The molecule has 31 heavy (non-hydrogen) atoms. The summed E-state index contributed by atoms with van der Waals surface area (Å²) < 4.78 is 5.90. The number of hydrogen-bond acceptors (Lipinski definition) is 4. The van der Waals surface area contributed by atoms with Crippen molar-refractivity contribution in [3.63, 3.8) is 0 Å². The Labute approximate surface area is 182 Å². The monoisotopic (exact) mass is 405 g/mol. The van der Waals surface area contributed by atoms with E-state index in [-0.39, 0.29) is 5.82 Å². The van der Waals surface area contributed by atoms with Gasteiger partial charge in [-0.25, -0.2) is 4.98 Å². The highest BCUT2D eigenvalue weighted by Gasteiger charge is 2.18. The zero-order valence-corrected chi connectivity index (χ0v) is 17.6. The molecule has 4 rings (SSSR count). The van der Waals surface area contributed by atoms with Gasteiger partial charge < -0.3 is 10.5 Å². The van der Waals surface area contributed by atoms with Crippen LogP contribution in [0.25, 0.3) is 22.4 Å². The van der Waals surface area contributed by atoms with Gasteiger partial charge >= 0.3 is 0 Å². The number of ether oxygens (including phenoxy) is 1. The van der Waals surface area contributed by atoms with Crippen LogP contribution in [-0.2, 0) is 6.61 Å². The number of benzene rings is 3. The van der Waals surface area contributed by atoms with Gasteiger partial charge in [0, 0.05) is 11.1 Å². The largest absolute Gasteiger partial charge is 0.489 e. The lowest BCUT2D eigenvalue weighted by Gasteiger charge is -2.16. The van der Waals surface area contributed by atoms with Crippen molar-refractivity contribution in [3.8, 4) is 34.2 Å². The summed E-state index contributed by atoms with van der Waals surface area (Å²) in [5, 5.41) is 9.75. The summed E-state index contributed by atoms with van der Waals surface area (Å²) in [7, 11) is 0. The Morgan fingerprint density at radius 1 is 0.871 bits per heavy atom. The van der Waals surface area contributed by atoms with E-state index in [2.05, 4.69) is 11.1 Å². The minimum Gasteiger partial charge on any atom is -0.489 e. The van der Waals surface area contributed by atoms with E-state index in [9.17, 15) is 5.26 Å². The predicted octanol–water partition coefficient (Wildman–Crippen LogP) is 6.07. The number of pyridine rings is 1. The van der Waals surface area contributed by atoms with Gasteiger partial charge in [0.1, 0.15) is 29.8 Å². The second kappa shape index (κ2) is 8.73. The second-order valence-electron chi connectivity index (χ2n) is 7.50. The van der Waals surface area contributed by atoms with E-state index in [1.807, 2.05) is 92.7 Å². The summed E-state index contributed by atoms with van der Waals surface area (Å²) in [6.07, 6.45) is 0. The van der Waals surface area contributed by atoms with Crippen LogP contribution in [0.5, 0.6) is 5.75 Å². The summed E-state index contributed by atoms with van der Waals surface area (Å²) in [4.78, 5) is 4.54. The third-order valence-corrected chi connectivity index (χ3v) is 5.30.